The van der Waals surface area contributed by atoms with Crippen molar-refractivity contribution in [2.75, 3.05) is 32.8 Å². The fraction of sp³-hybridized carbons (Fsp3) is 0.467. The van der Waals surface area contributed by atoms with E-state index >= 15 is 0 Å². The van der Waals surface area contributed by atoms with E-state index in [2.05, 4.69) is 15.1 Å². The number of rotatable bonds is 4. The Morgan fingerprint density at radius 2 is 2.29 bits per heavy atom. The van der Waals surface area contributed by atoms with E-state index in [0.29, 0.717) is 5.56 Å². The molecule has 2 aromatic rings. The van der Waals surface area contributed by atoms with Crippen LogP contribution in [0, 0.1) is 0 Å². The van der Waals surface area contributed by atoms with Gasteiger partial charge >= 0.3 is 5.97 Å². The van der Waals surface area contributed by atoms with E-state index in [1.54, 1.807) is 12.3 Å². The van der Waals surface area contributed by atoms with Crippen molar-refractivity contribution in [2.45, 2.75) is 13.0 Å². The Hall–Kier alpha value is -1.92. The van der Waals surface area contributed by atoms with Crippen molar-refractivity contribution in [1.29, 1.82) is 0 Å². The molecule has 0 unspecified atom stereocenters. The smallest absolute Gasteiger partial charge is 0.340 e. The molecule has 1 saturated heterocycles. The Bertz CT molecular complexity index is 619. The van der Waals surface area contributed by atoms with Crippen molar-refractivity contribution < 1.29 is 14.3 Å². The molecule has 1 N–H and O–H groups in total. The molecule has 1 aromatic heterocycles. The zero-order valence-electron chi connectivity index (χ0n) is 12.0. The van der Waals surface area contributed by atoms with E-state index in [4.69, 9.17) is 9.47 Å². The molecule has 0 aliphatic carbocycles. The van der Waals surface area contributed by atoms with E-state index < -0.39 is 0 Å². The average molecular weight is 289 g/mol. The van der Waals surface area contributed by atoms with Crippen LogP contribution in [0.15, 0.2) is 24.4 Å². The van der Waals surface area contributed by atoms with Gasteiger partial charge < -0.3 is 9.47 Å². The molecule has 1 aliphatic heterocycles. The number of H-pyrrole nitrogens is 1. The van der Waals surface area contributed by atoms with Crippen LogP contribution in [-0.2, 0) is 9.47 Å². The minimum absolute atomic E-state index is 0.159. The second kappa shape index (κ2) is 6.24. The summed E-state index contributed by atoms with van der Waals surface area (Å²) in [6.45, 7) is 5.91. The van der Waals surface area contributed by atoms with Gasteiger partial charge in [-0.05, 0) is 13.0 Å². The molecule has 0 radical (unpaired) electrons. The third-order valence-electron chi connectivity index (χ3n) is 3.62. The van der Waals surface area contributed by atoms with Gasteiger partial charge in [0.25, 0.3) is 0 Å². The number of carbonyl (C=O) groups excluding carboxylic acids is 1. The maximum Gasteiger partial charge on any atom is 0.340 e. The maximum absolute atomic E-state index is 12.3. The number of ether oxygens (including phenoxy) is 2. The van der Waals surface area contributed by atoms with E-state index in [9.17, 15) is 4.79 Å². The Balaban J connectivity index is 1.64. The molecule has 112 valence electrons. The molecule has 3 rings (SSSR count). The Labute approximate surface area is 123 Å². The summed E-state index contributed by atoms with van der Waals surface area (Å²) in [5, 5.41) is 7.72. The molecular weight excluding hydrogens is 270 g/mol. The van der Waals surface area contributed by atoms with Crippen LogP contribution in [0.3, 0.4) is 0 Å². The third-order valence-corrected chi connectivity index (χ3v) is 3.62. The topological polar surface area (TPSA) is 67.5 Å². The number of nitrogens with one attached hydrogen (secondary N) is 1. The van der Waals surface area contributed by atoms with Crippen LogP contribution in [0.2, 0.25) is 0 Å². The van der Waals surface area contributed by atoms with E-state index in [1.165, 1.54) is 0 Å². The molecule has 6 nitrogen and oxygen atoms in total. The number of esters is 1. The number of carbonyl (C=O) groups is 1. The molecule has 1 fully saturated rings. The van der Waals surface area contributed by atoms with Crippen LogP contribution in [0.5, 0.6) is 0 Å². The SMILES string of the molecule is C[C@H](CN1CCOCC1)OC(=O)c1cccc2cn[nH]c12. The third kappa shape index (κ3) is 3.22. The highest BCUT2D eigenvalue weighted by atomic mass is 16.5. The Kier molecular flexibility index (Phi) is 4.17. The monoisotopic (exact) mass is 289 g/mol. The zero-order valence-corrected chi connectivity index (χ0v) is 12.0. The standard InChI is InChI=1S/C15H19N3O3/c1-11(10-18-5-7-20-8-6-18)21-15(19)13-4-2-3-12-9-16-17-14(12)13/h2-4,9,11H,5-8,10H2,1H3,(H,16,17)/t11-/m1/s1. The first kappa shape index (κ1) is 14.0. The number of aromatic amines is 1. The molecule has 21 heavy (non-hydrogen) atoms. The zero-order chi connectivity index (χ0) is 14.7. The number of nitrogens with zero attached hydrogens (tertiary/aromatic N) is 2. The van der Waals surface area contributed by atoms with Gasteiger partial charge in [-0.15, -0.1) is 0 Å². The van der Waals surface area contributed by atoms with Gasteiger partial charge in [-0.2, -0.15) is 5.10 Å². The van der Waals surface area contributed by atoms with Crippen LogP contribution in [-0.4, -0.2) is 60.0 Å². The number of hydrogen-bond donors (Lipinski definition) is 1. The van der Waals surface area contributed by atoms with Gasteiger partial charge in [0.15, 0.2) is 0 Å². The first-order chi connectivity index (χ1) is 10.2. The summed E-state index contributed by atoms with van der Waals surface area (Å²) in [6.07, 6.45) is 1.54. The van der Waals surface area contributed by atoms with Crippen LogP contribution in [0.1, 0.15) is 17.3 Å². The molecule has 1 atom stereocenters. The van der Waals surface area contributed by atoms with E-state index in [1.807, 2.05) is 19.1 Å². The quantitative estimate of drug-likeness (QED) is 0.863. The molecule has 0 amide bonds. The number of morpholine rings is 1. The van der Waals surface area contributed by atoms with Crippen molar-refractivity contribution in [3.63, 3.8) is 0 Å². The summed E-state index contributed by atoms with van der Waals surface area (Å²) < 4.78 is 10.9. The molecule has 6 heteroatoms. The predicted molar refractivity (Wildman–Crippen MR) is 78.2 cm³/mol. The highest BCUT2D eigenvalue weighted by Crippen LogP contribution is 2.17. The first-order valence-electron chi connectivity index (χ1n) is 7.17. The molecule has 0 spiro atoms. The van der Waals surface area contributed by atoms with Crippen molar-refractivity contribution in [2.24, 2.45) is 0 Å². The minimum atomic E-state index is -0.314. The first-order valence-corrected chi connectivity index (χ1v) is 7.17. The summed E-state index contributed by atoms with van der Waals surface area (Å²) in [6, 6.07) is 5.50. The number of hydrogen-bond acceptors (Lipinski definition) is 5. The summed E-state index contributed by atoms with van der Waals surface area (Å²) in [4.78, 5) is 14.5. The lowest BCUT2D eigenvalue weighted by molar-refractivity contribution is 0.000550. The van der Waals surface area contributed by atoms with E-state index in [0.717, 1.165) is 43.8 Å². The molecule has 2 heterocycles. The second-order valence-electron chi connectivity index (χ2n) is 5.27. The number of benzene rings is 1. The summed E-state index contributed by atoms with van der Waals surface area (Å²) >= 11 is 0. The minimum Gasteiger partial charge on any atom is -0.458 e. The van der Waals surface area contributed by atoms with Crippen molar-refractivity contribution in [3.8, 4) is 0 Å². The fourth-order valence-electron chi connectivity index (χ4n) is 2.57. The van der Waals surface area contributed by atoms with Crippen LogP contribution in [0.25, 0.3) is 10.9 Å². The van der Waals surface area contributed by atoms with Gasteiger partial charge in [0.1, 0.15) is 6.10 Å². The lowest BCUT2D eigenvalue weighted by atomic mass is 10.1. The highest BCUT2D eigenvalue weighted by Gasteiger charge is 2.19. The number of aromatic nitrogens is 2. The van der Waals surface area contributed by atoms with Crippen LogP contribution >= 0.6 is 0 Å². The molecule has 1 aromatic carbocycles. The van der Waals surface area contributed by atoms with Crippen LogP contribution < -0.4 is 0 Å². The Morgan fingerprint density at radius 3 is 3.10 bits per heavy atom. The van der Waals surface area contributed by atoms with Crippen molar-refractivity contribution in [1.82, 2.24) is 15.1 Å². The number of para-hydroxylation sites is 1. The Morgan fingerprint density at radius 1 is 1.48 bits per heavy atom. The molecular formula is C15H19N3O3. The summed E-state index contributed by atoms with van der Waals surface area (Å²) in [5.74, 6) is -0.314. The molecule has 0 bridgehead atoms. The summed E-state index contributed by atoms with van der Waals surface area (Å²) in [5.41, 5.74) is 1.25. The van der Waals surface area contributed by atoms with Gasteiger partial charge in [0.05, 0.1) is 30.5 Å². The molecule has 0 saturated carbocycles. The largest absolute Gasteiger partial charge is 0.458 e. The van der Waals surface area contributed by atoms with Crippen molar-refractivity contribution in [3.05, 3.63) is 30.0 Å². The lowest BCUT2D eigenvalue weighted by Gasteiger charge is -2.28. The van der Waals surface area contributed by atoms with E-state index in [-0.39, 0.29) is 12.1 Å². The van der Waals surface area contributed by atoms with Gasteiger partial charge in [-0.25, -0.2) is 4.79 Å². The van der Waals surface area contributed by atoms with Crippen molar-refractivity contribution >= 4 is 16.9 Å². The average Bonchev–Trinajstić information content (AvgIpc) is 2.96. The normalized spacial score (nSPS) is 17.8. The highest BCUT2D eigenvalue weighted by molar-refractivity contribution is 6.02. The number of fused-ring (bicyclic) bond motifs is 1. The van der Waals surface area contributed by atoms with Gasteiger partial charge in [-0.1, -0.05) is 12.1 Å². The second-order valence-corrected chi connectivity index (χ2v) is 5.27. The lowest BCUT2D eigenvalue weighted by Crippen LogP contribution is -2.41. The maximum atomic E-state index is 12.3. The predicted octanol–water partition coefficient (Wildman–Crippen LogP) is 1.44. The van der Waals surface area contributed by atoms with Gasteiger partial charge in [0, 0.05) is 25.0 Å². The van der Waals surface area contributed by atoms with Gasteiger partial charge in [0.2, 0.25) is 0 Å². The van der Waals surface area contributed by atoms with Crippen LogP contribution in [0.4, 0.5) is 0 Å². The van der Waals surface area contributed by atoms with Gasteiger partial charge in [-0.3, -0.25) is 10.00 Å². The fourth-order valence-corrected chi connectivity index (χ4v) is 2.57. The summed E-state index contributed by atoms with van der Waals surface area (Å²) in [7, 11) is 0. The molecule has 1 aliphatic rings.